The lowest BCUT2D eigenvalue weighted by Crippen LogP contribution is -2.10. The highest BCUT2D eigenvalue weighted by Crippen LogP contribution is 2.17. The number of aromatic nitrogens is 2. The molecular weight excluding hydrogens is 275 g/mol. The van der Waals surface area contributed by atoms with Gasteiger partial charge in [0.15, 0.2) is 6.10 Å². The maximum Gasteiger partial charge on any atom is 0.334 e. The lowest BCUT2D eigenvalue weighted by Gasteiger charge is -2.09. The van der Waals surface area contributed by atoms with Crippen LogP contribution in [-0.2, 0) is 9.53 Å². The normalized spacial score (nSPS) is 13.0. The molecule has 0 fully saturated rings. The van der Waals surface area contributed by atoms with Crippen molar-refractivity contribution in [3.63, 3.8) is 0 Å². The Morgan fingerprint density at radius 3 is 2.57 bits per heavy atom. The third-order valence-electron chi connectivity index (χ3n) is 2.75. The molecule has 1 heterocycles. The molecule has 0 N–H and O–H groups in total. The van der Waals surface area contributed by atoms with Gasteiger partial charge in [-0.15, -0.1) is 10.2 Å². The van der Waals surface area contributed by atoms with Crippen molar-refractivity contribution in [2.45, 2.75) is 26.9 Å². The zero-order valence-electron chi connectivity index (χ0n) is 12.0. The molecular formula is C15H15FN2O3. The first-order valence-corrected chi connectivity index (χ1v) is 6.40. The van der Waals surface area contributed by atoms with Gasteiger partial charge in [0, 0.05) is 12.5 Å². The van der Waals surface area contributed by atoms with Crippen molar-refractivity contribution in [3.05, 3.63) is 53.0 Å². The van der Waals surface area contributed by atoms with E-state index in [-0.39, 0.29) is 11.7 Å². The SMILES string of the molecule is C/C(=C\c1ccc(F)cc1)C(=O)O[C@@H](C)c1nnc(C)o1. The molecule has 0 radical (unpaired) electrons. The first-order chi connectivity index (χ1) is 9.95. The van der Waals surface area contributed by atoms with Crippen molar-refractivity contribution in [3.8, 4) is 0 Å². The molecule has 0 amide bonds. The average Bonchev–Trinajstić information content (AvgIpc) is 2.88. The van der Waals surface area contributed by atoms with Crippen LogP contribution in [0.5, 0.6) is 0 Å². The highest BCUT2D eigenvalue weighted by Gasteiger charge is 2.18. The fourth-order valence-electron chi connectivity index (χ4n) is 1.65. The van der Waals surface area contributed by atoms with E-state index in [0.29, 0.717) is 17.0 Å². The molecule has 6 heteroatoms. The lowest BCUT2D eigenvalue weighted by molar-refractivity contribution is -0.144. The molecule has 0 bridgehead atoms. The number of halogens is 1. The smallest absolute Gasteiger partial charge is 0.334 e. The Kier molecular flexibility index (Phi) is 4.47. The van der Waals surface area contributed by atoms with Crippen LogP contribution in [0, 0.1) is 12.7 Å². The van der Waals surface area contributed by atoms with Crippen LogP contribution in [0.25, 0.3) is 6.08 Å². The van der Waals surface area contributed by atoms with Crippen molar-refractivity contribution in [1.29, 1.82) is 0 Å². The van der Waals surface area contributed by atoms with Crippen LogP contribution in [0.3, 0.4) is 0 Å². The monoisotopic (exact) mass is 290 g/mol. The molecule has 0 aliphatic heterocycles. The van der Waals surface area contributed by atoms with Crippen LogP contribution in [0.2, 0.25) is 0 Å². The third-order valence-corrected chi connectivity index (χ3v) is 2.75. The number of aryl methyl sites for hydroxylation is 1. The quantitative estimate of drug-likeness (QED) is 0.639. The Morgan fingerprint density at radius 2 is 2.00 bits per heavy atom. The molecule has 0 spiro atoms. The van der Waals surface area contributed by atoms with E-state index in [9.17, 15) is 9.18 Å². The van der Waals surface area contributed by atoms with Crippen molar-refractivity contribution < 1.29 is 18.3 Å². The Labute approximate surface area is 121 Å². The number of ether oxygens (including phenoxy) is 1. The second kappa shape index (κ2) is 6.30. The van der Waals surface area contributed by atoms with E-state index in [0.717, 1.165) is 0 Å². The third kappa shape index (κ3) is 3.98. The average molecular weight is 290 g/mol. The van der Waals surface area contributed by atoms with Gasteiger partial charge in [0.2, 0.25) is 5.89 Å². The van der Waals surface area contributed by atoms with E-state index in [4.69, 9.17) is 9.15 Å². The van der Waals surface area contributed by atoms with Crippen molar-refractivity contribution in [2.75, 3.05) is 0 Å². The summed E-state index contributed by atoms with van der Waals surface area (Å²) in [7, 11) is 0. The summed E-state index contributed by atoms with van der Waals surface area (Å²) in [6, 6.07) is 5.82. The molecule has 0 unspecified atom stereocenters. The topological polar surface area (TPSA) is 65.2 Å². The number of benzene rings is 1. The Morgan fingerprint density at radius 1 is 1.33 bits per heavy atom. The minimum Gasteiger partial charge on any atom is -0.449 e. The summed E-state index contributed by atoms with van der Waals surface area (Å²) in [4.78, 5) is 12.0. The van der Waals surface area contributed by atoms with Gasteiger partial charge < -0.3 is 9.15 Å². The van der Waals surface area contributed by atoms with E-state index in [1.807, 2.05) is 0 Å². The predicted octanol–water partition coefficient (Wildman–Crippen LogP) is 3.22. The zero-order chi connectivity index (χ0) is 15.4. The summed E-state index contributed by atoms with van der Waals surface area (Å²) in [6.45, 7) is 4.93. The largest absolute Gasteiger partial charge is 0.449 e. The first-order valence-electron chi connectivity index (χ1n) is 6.40. The summed E-state index contributed by atoms with van der Waals surface area (Å²) in [5.74, 6) is -0.169. The van der Waals surface area contributed by atoms with Gasteiger partial charge in [-0.25, -0.2) is 9.18 Å². The van der Waals surface area contributed by atoms with Crippen LogP contribution in [-0.4, -0.2) is 16.2 Å². The van der Waals surface area contributed by atoms with Crippen molar-refractivity contribution in [1.82, 2.24) is 10.2 Å². The molecule has 0 saturated heterocycles. The number of hydrogen-bond donors (Lipinski definition) is 0. The molecule has 1 aromatic carbocycles. The summed E-state index contributed by atoms with van der Waals surface area (Å²) in [6.07, 6.45) is 0.989. The van der Waals surface area contributed by atoms with Gasteiger partial charge in [-0.05, 0) is 37.6 Å². The zero-order valence-corrected chi connectivity index (χ0v) is 12.0. The summed E-state index contributed by atoms with van der Waals surface area (Å²) in [5.41, 5.74) is 1.11. The number of rotatable bonds is 4. The van der Waals surface area contributed by atoms with Crippen LogP contribution < -0.4 is 0 Å². The number of hydrogen-bond acceptors (Lipinski definition) is 5. The van der Waals surface area contributed by atoms with Crippen LogP contribution >= 0.6 is 0 Å². The minimum absolute atomic E-state index is 0.246. The summed E-state index contributed by atoms with van der Waals surface area (Å²) in [5, 5.41) is 7.47. The number of nitrogens with zero attached hydrogens (tertiary/aromatic N) is 2. The first kappa shape index (κ1) is 14.9. The fourth-order valence-corrected chi connectivity index (χ4v) is 1.65. The van der Waals surface area contributed by atoms with E-state index < -0.39 is 12.1 Å². The molecule has 2 aromatic rings. The second-order valence-corrected chi connectivity index (χ2v) is 4.59. The van der Waals surface area contributed by atoms with Gasteiger partial charge in [0.05, 0.1) is 0 Å². The van der Waals surface area contributed by atoms with Crippen LogP contribution in [0.4, 0.5) is 4.39 Å². The van der Waals surface area contributed by atoms with E-state index in [1.165, 1.54) is 12.1 Å². The van der Waals surface area contributed by atoms with Gasteiger partial charge in [0.1, 0.15) is 5.82 Å². The number of carbonyl (C=O) groups is 1. The Bertz CT molecular complexity index is 662. The minimum atomic E-state index is -0.629. The van der Waals surface area contributed by atoms with E-state index in [2.05, 4.69) is 10.2 Å². The summed E-state index contributed by atoms with van der Waals surface area (Å²) >= 11 is 0. The molecule has 5 nitrogen and oxygen atoms in total. The van der Waals surface area contributed by atoms with Gasteiger partial charge in [-0.2, -0.15) is 0 Å². The molecule has 1 atom stereocenters. The number of esters is 1. The van der Waals surface area contributed by atoms with Crippen LogP contribution in [0.1, 0.15) is 37.3 Å². The molecule has 0 aliphatic carbocycles. The maximum absolute atomic E-state index is 12.8. The second-order valence-electron chi connectivity index (χ2n) is 4.59. The van der Waals surface area contributed by atoms with Crippen molar-refractivity contribution in [2.24, 2.45) is 0 Å². The van der Waals surface area contributed by atoms with Crippen molar-refractivity contribution >= 4 is 12.0 Å². The molecule has 110 valence electrons. The van der Waals surface area contributed by atoms with Crippen LogP contribution in [0.15, 0.2) is 34.3 Å². The Hall–Kier alpha value is -2.50. The highest BCUT2D eigenvalue weighted by atomic mass is 19.1. The number of carbonyl (C=O) groups excluding carboxylic acids is 1. The van der Waals surface area contributed by atoms with Gasteiger partial charge >= 0.3 is 5.97 Å². The van der Waals surface area contributed by atoms with E-state index in [1.54, 1.807) is 39.0 Å². The summed E-state index contributed by atoms with van der Waals surface area (Å²) < 4.78 is 23.2. The lowest BCUT2D eigenvalue weighted by atomic mass is 10.1. The Balaban J connectivity index is 2.03. The predicted molar refractivity (Wildman–Crippen MR) is 73.6 cm³/mol. The molecule has 21 heavy (non-hydrogen) atoms. The fraction of sp³-hybridized carbons (Fsp3) is 0.267. The molecule has 2 rings (SSSR count). The molecule has 0 saturated carbocycles. The maximum atomic E-state index is 12.8. The standard InChI is InChI=1S/C15H15FN2O3/c1-9(8-12-4-6-13(16)7-5-12)15(19)20-10(2)14-18-17-11(3)21-14/h4-8,10H,1-3H3/b9-8+/t10-/m0/s1. The van der Waals surface area contributed by atoms with E-state index >= 15 is 0 Å². The van der Waals surface area contributed by atoms with Gasteiger partial charge in [-0.3, -0.25) is 0 Å². The van der Waals surface area contributed by atoms with Gasteiger partial charge in [0.25, 0.3) is 5.89 Å². The highest BCUT2D eigenvalue weighted by molar-refractivity contribution is 5.93. The molecule has 0 aliphatic rings. The van der Waals surface area contributed by atoms with Gasteiger partial charge in [-0.1, -0.05) is 12.1 Å². The molecule has 1 aromatic heterocycles.